The van der Waals surface area contributed by atoms with Crippen molar-refractivity contribution in [2.75, 3.05) is 56.2 Å². The molecule has 0 aliphatic carbocycles. The van der Waals surface area contributed by atoms with Crippen LogP contribution in [-0.4, -0.2) is 70.7 Å². The zero-order chi connectivity index (χ0) is 22.8. The van der Waals surface area contributed by atoms with Crippen LogP contribution in [0.2, 0.25) is 0 Å². The second-order valence-corrected chi connectivity index (χ2v) is 10.2. The van der Waals surface area contributed by atoms with E-state index in [2.05, 4.69) is 10.2 Å². The number of hydrogen-bond donors (Lipinski definition) is 1. The molecule has 5 rings (SSSR count). The molecule has 0 radical (unpaired) electrons. The Labute approximate surface area is 193 Å². The van der Waals surface area contributed by atoms with Crippen LogP contribution in [0, 0.1) is 0 Å². The molecule has 1 N–H and O–H groups in total. The number of hydrogen-bond acceptors (Lipinski definition) is 7. The normalized spacial score (nSPS) is 21.1. The van der Waals surface area contributed by atoms with Crippen molar-refractivity contribution in [3.05, 3.63) is 42.5 Å². The Morgan fingerprint density at radius 1 is 0.970 bits per heavy atom. The summed E-state index contributed by atoms with van der Waals surface area (Å²) >= 11 is 0. The summed E-state index contributed by atoms with van der Waals surface area (Å²) < 4.78 is 44.6. The number of benzene rings is 2. The Hall–Kier alpha value is -2.82. The van der Waals surface area contributed by atoms with Crippen LogP contribution >= 0.6 is 0 Å². The average molecular weight is 474 g/mol. The largest absolute Gasteiger partial charge is 0.485 e. The van der Waals surface area contributed by atoms with Crippen LogP contribution in [0.5, 0.6) is 11.5 Å². The Morgan fingerprint density at radius 3 is 2.45 bits per heavy atom. The van der Waals surface area contributed by atoms with Crippen LogP contribution in [-0.2, 0) is 19.6 Å². The summed E-state index contributed by atoms with van der Waals surface area (Å²) in [5, 5.41) is 2.91. The van der Waals surface area contributed by atoms with E-state index in [1.165, 1.54) is 4.31 Å². The van der Waals surface area contributed by atoms with E-state index in [0.717, 1.165) is 31.6 Å². The van der Waals surface area contributed by atoms with Gasteiger partial charge in [0.2, 0.25) is 16.1 Å². The highest BCUT2D eigenvalue weighted by molar-refractivity contribution is 7.89. The van der Waals surface area contributed by atoms with Crippen LogP contribution in [0.4, 0.5) is 11.4 Å². The van der Waals surface area contributed by atoms with Crippen molar-refractivity contribution in [2.24, 2.45) is 0 Å². The fraction of sp³-hybridized carbons (Fsp3) is 0.435. The molecule has 2 aromatic rings. The molecule has 1 amide bonds. The summed E-state index contributed by atoms with van der Waals surface area (Å²) in [6, 6.07) is 12.1. The quantitative estimate of drug-likeness (QED) is 0.710. The molecule has 0 unspecified atom stereocenters. The summed E-state index contributed by atoms with van der Waals surface area (Å²) in [5.41, 5.74) is 1.26. The van der Waals surface area contributed by atoms with Gasteiger partial charge in [0.1, 0.15) is 6.61 Å². The molecule has 0 aromatic heterocycles. The number of sulfonamides is 1. The minimum Gasteiger partial charge on any atom is -0.485 e. The predicted molar refractivity (Wildman–Crippen MR) is 122 cm³/mol. The molecule has 0 spiro atoms. The van der Waals surface area contributed by atoms with Gasteiger partial charge in [-0.2, -0.15) is 4.31 Å². The number of anilines is 2. The van der Waals surface area contributed by atoms with Gasteiger partial charge in [0, 0.05) is 26.2 Å². The zero-order valence-corrected chi connectivity index (χ0v) is 19.1. The molecule has 3 aliphatic heterocycles. The number of ether oxygens (including phenoxy) is 3. The van der Waals surface area contributed by atoms with Gasteiger partial charge in [0.05, 0.1) is 29.5 Å². The Morgan fingerprint density at radius 2 is 1.70 bits per heavy atom. The van der Waals surface area contributed by atoms with Gasteiger partial charge in [-0.25, -0.2) is 8.42 Å². The van der Waals surface area contributed by atoms with Crippen LogP contribution in [0.15, 0.2) is 47.4 Å². The number of rotatable bonds is 5. The summed E-state index contributed by atoms with van der Waals surface area (Å²) in [5.74, 6) is 0.719. The predicted octanol–water partition coefficient (Wildman–Crippen LogP) is 2.09. The summed E-state index contributed by atoms with van der Waals surface area (Å²) in [6.45, 7) is 3.15. The first-order valence-corrected chi connectivity index (χ1v) is 12.6. The van der Waals surface area contributed by atoms with Crippen LogP contribution in [0.3, 0.4) is 0 Å². The van der Waals surface area contributed by atoms with Crippen molar-refractivity contribution >= 4 is 27.3 Å². The average Bonchev–Trinajstić information content (AvgIpc) is 3.39. The Balaban J connectivity index is 1.42. The number of carbonyl (C=O) groups is 1. The van der Waals surface area contributed by atoms with Gasteiger partial charge < -0.3 is 24.4 Å². The molecule has 9 nitrogen and oxygen atoms in total. The highest BCUT2D eigenvalue weighted by Gasteiger charge is 2.31. The lowest BCUT2D eigenvalue weighted by Crippen LogP contribution is -2.41. The maximum Gasteiger partial charge on any atom is 0.269 e. The number of morpholine rings is 1. The van der Waals surface area contributed by atoms with E-state index in [-0.39, 0.29) is 17.4 Å². The minimum atomic E-state index is -3.70. The third kappa shape index (κ3) is 4.50. The maximum atomic E-state index is 13.2. The highest BCUT2D eigenvalue weighted by Crippen LogP contribution is 2.34. The SMILES string of the molecule is O=C(Nc1cc(S(=O)(=O)N2CCOCC2)ccc1N1CCCC1)[C@@H]1COc2ccccc2O1. The second-order valence-electron chi connectivity index (χ2n) is 8.24. The molecule has 3 aliphatic rings. The third-order valence-electron chi connectivity index (χ3n) is 6.08. The van der Waals surface area contributed by atoms with Crippen LogP contribution in [0.25, 0.3) is 0 Å². The first-order chi connectivity index (χ1) is 16.0. The fourth-order valence-corrected chi connectivity index (χ4v) is 5.74. The van der Waals surface area contributed by atoms with Crippen molar-refractivity contribution in [2.45, 2.75) is 23.8 Å². The van der Waals surface area contributed by atoms with E-state index in [0.29, 0.717) is 43.5 Å². The van der Waals surface area contributed by atoms with Crippen LogP contribution in [0.1, 0.15) is 12.8 Å². The molecular weight excluding hydrogens is 446 g/mol. The molecule has 2 saturated heterocycles. The van der Waals surface area contributed by atoms with Crippen molar-refractivity contribution in [1.29, 1.82) is 0 Å². The van der Waals surface area contributed by atoms with Gasteiger partial charge in [0.25, 0.3) is 5.91 Å². The third-order valence-corrected chi connectivity index (χ3v) is 7.98. The van der Waals surface area contributed by atoms with Gasteiger partial charge in [-0.05, 0) is 43.2 Å². The molecule has 1 atom stereocenters. The lowest BCUT2D eigenvalue weighted by molar-refractivity contribution is -0.125. The number of amides is 1. The molecule has 176 valence electrons. The van der Waals surface area contributed by atoms with E-state index in [1.807, 2.05) is 12.1 Å². The molecule has 2 fully saturated rings. The number of fused-ring (bicyclic) bond motifs is 1. The first kappa shape index (κ1) is 22.0. The zero-order valence-electron chi connectivity index (χ0n) is 18.2. The molecule has 3 heterocycles. The van der Waals surface area contributed by atoms with Crippen molar-refractivity contribution in [1.82, 2.24) is 4.31 Å². The van der Waals surface area contributed by atoms with Gasteiger partial charge in [-0.15, -0.1) is 0 Å². The van der Waals surface area contributed by atoms with Crippen molar-refractivity contribution in [3.63, 3.8) is 0 Å². The van der Waals surface area contributed by atoms with E-state index >= 15 is 0 Å². The fourth-order valence-electron chi connectivity index (χ4n) is 4.31. The van der Waals surface area contributed by atoms with E-state index in [1.54, 1.807) is 30.3 Å². The summed E-state index contributed by atoms with van der Waals surface area (Å²) in [6.07, 6.45) is 1.26. The molecule has 10 heteroatoms. The lowest BCUT2D eigenvalue weighted by atomic mass is 10.2. The Bertz CT molecular complexity index is 1130. The van der Waals surface area contributed by atoms with E-state index in [9.17, 15) is 13.2 Å². The topological polar surface area (TPSA) is 97.4 Å². The van der Waals surface area contributed by atoms with Crippen molar-refractivity contribution in [3.8, 4) is 11.5 Å². The maximum absolute atomic E-state index is 13.2. The number of para-hydroxylation sites is 2. The molecule has 2 aromatic carbocycles. The second kappa shape index (κ2) is 9.20. The highest BCUT2D eigenvalue weighted by atomic mass is 32.2. The minimum absolute atomic E-state index is 0.0770. The first-order valence-electron chi connectivity index (χ1n) is 11.2. The summed E-state index contributed by atoms with van der Waals surface area (Å²) in [7, 11) is -3.70. The monoisotopic (exact) mass is 473 g/mol. The molecule has 0 bridgehead atoms. The van der Waals surface area contributed by atoms with Crippen molar-refractivity contribution < 1.29 is 27.4 Å². The lowest BCUT2D eigenvalue weighted by Gasteiger charge is -2.28. The van der Waals surface area contributed by atoms with E-state index in [4.69, 9.17) is 14.2 Å². The smallest absolute Gasteiger partial charge is 0.269 e. The molecule has 0 saturated carbocycles. The number of nitrogens with zero attached hydrogens (tertiary/aromatic N) is 2. The van der Waals surface area contributed by atoms with Crippen LogP contribution < -0.4 is 19.7 Å². The standard InChI is InChI=1S/C23H27N3O6S/c27-23(22-16-31-20-5-1-2-6-21(20)32-22)24-18-15-17(7-8-19(18)25-9-3-4-10-25)33(28,29)26-11-13-30-14-12-26/h1-2,5-8,15,22H,3-4,9-14,16H2,(H,24,27)/t22-/m0/s1. The van der Waals surface area contributed by atoms with Gasteiger partial charge in [-0.1, -0.05) is 12.1 Å². The molecular formula is C23H27N3O6S. The summed E-state index contributed by atoms with van der Waals surface area (Å²) in [4.78, 5) is 15.4. The van der Waals surface area contributed by atoms with Gasteiger partial charge in [0.15, 0.2) is 11.5 Å². The van der Waals surface area contributed by atoms with E-state index < -0.39 is 16.1 Å². The Kier molecular flexibility index (Phi) is 6.13. The number of nitrogens with one attached hydrogen (secondary N) is 1. The van der Waals surface area contributed by atoms with Gasteiger partial charge in [-0.3, -0.25) is 4.79 Å². The number of carbonyl (C=O) groups excluding carboxylic acids is 1. The van der Waals surface area contributed by atoms with Gasteiger partial charge >= 0.3 is 0 Å². The molecule has 33 heavy (non-hydrogen) atoms.